The standard InChI is InChI=1S/C8H6Cl2F2O/c9-6-3-1-5(2-4-6)7(13)8(10,11)12/h1-4,7,13H. The van der Waals surface area contributed by atoms with E-state index in [0.29, 0.717) is 5.02 Å². The molecule has 0 heterocycles. The predicted molar refractivity (Wildman–Crippen MR) is 47.2 cm³/mol. The average Bonchev–Trinajstić information content (AvgIpc) is 2.03. The van der Waals surface area contributed by atoms with E-state index in [9.17, 15) is 8.78 Å². The fourth-order valence-corrected chi connectivity index (χ4v) is 1.09. The van der Waals surface area contributed by atoms with Gasteiger partial charge in [-0.05, 0) is 29.3 Å². The lowest BCUT2D eigenvalue weighted by Gasteiger charge is -2.15. The van der Waals surface area contributed by atoms with Crippen LogP contribution in [0.5, 0.6) is 0 Å². The summed E-state index contributed by atoms with van der Waals surface area (Å²) < 4.78 is 24.8. The highest BCUT2D eigenvalue weighted by Crippen LogP contribution is 2.34. The molecule has 1 nitrogen and oxygen atoms in total. The van der Waals surface area contributed by atoms with Crippen LogP contribution in [-0.2, 0) is 0 Å². The van der Waals surface area contributed by atoms with Gasteiger partial charge in [0.25, 0.3) is 0 Å². The maximum absolute atomic E-state index is 12.4. The molecule has 1 rings (SSSR count). The second-order valence-corrected chi connectivity index (χ2v) is 3.44. The molecule has 72 valence electrons. The second kappa shape index (κ2) is 3.78. The smallest absolute Gasteiger partial charge is 0.351 e. The fraction of sp³-hybridized carbons (Fsp3) is 0.250. The molecule has 5 heteroatoms. The van der Waals surface area contributed by atoms with Crippen LogP contribution in [0.3, 0.4) is 0 Å². The molecule has 0 radical (unpaired) electrons. The third kappa shape index (κ3) is 2.79. The van der Waals surface area contributed by atoms with E-state index in [4.69, 9.17) is 16.7 Å². The third-order valence-corrected chi connectivity index (χ3v) is 1.95. The van der Waals surface area contributed by atoms with Gasteiger partial charge in [-0.1, -0.05) is 23.7 Å². The van der Waals surface area contributed by atoms with Crippen molar-refractivity contribution in [3.05, 3.63) is 34.9 Å². The van der Waals surface area contributed by atoms with Crippen molar-refractivity contribution < 1.29 is 13.9 Å². The SMILES string of the molecule is OC(c1ccc(Cl)cc1)C(F)(F)Cl. The first-order chi connectivity index (χ1) is 5.91. The molecule has 0 aliphatic rings. The van der Waals surface area contributed by atoms with E-state index in [1.54, 1.807) is 0 Å². The van der Waals surface area contributed by atoms with Crippen molar-refractivity contribution in [2.24, 2.45) is 0 Å². The molecule has 13 heavy (non-hydrogen) atoms. The highest BCUT2D eigenvalue weighted by Gasteiger charge is 2.36. The molecule has 0 saturated carbocycles. The van der Waals surface area contributed by atoms with Crippen LogP contribution < -0.4 is 0 Å². The first-order valence-electron chi connectivity index (χ1n) is 3.41. The van der Waals surface area contributed by atoms with Crippen molar-refractivity contribution in [2.75, 3.05) is 0 Å². The van der Waals surface area contributed by atoms with Gasteiger partial charge in [0.2, 0.25) is 0 Å². The Morgan fingerprint density at radius 2 is 1.69 bits per heavy atom. The maximum Gasteiger partial charge on any atom is 0.351 e. The molecule has 0 amide bonds. The van der Waals surface area contributed by atoms with Crippen molar-refractivity contribution in [3.8, 4) is 0 Å². The molecule has 0 spiro atoms. The molecule has 1 aromatic carbocycles. The molecule has 0 saturated heterocycles. The second-order valence-electron chi connectivity index (χ2n) is 2.50. The van der Waals surface area contributed by atoms with Crippen molar-refractivity contribution in [1.82, 2.24) is 0 Å². The summed E-state index contributed by atoms with van der Waals surface area (Å²) >= 11 is 10.2. The van der Waals surface area contributed by atoms with Crippen LogP contribution in [0.15, 0.2) is 24.3 Å². The topological polar surface area (TPSA) is 20.2 Å². The molecular weight excluding hydrogens is 221 g/mol. The maximum atomic E-state index is 12.4. The Kier molecular flexibility index (Phi) is 3.11. The minimum atomic E-state index is -3.66. The summed E-state index contributed by atoms with van der Waals surface area (Å²) in [6.45, 7) is 0. The van der Waals surface area contributed by atoms with Gasteiger partial charge in [-0.2, -0.15) is 8.78 Å². The number of aliphatic hydroxyl groups excluding tert-OH is 1. The van der Waals surface area contributed by atoms with E-state index in [-0.39, 0.29) is 5.56 Å². The van der Waals surface area contributed by atoms with Gasteiger partial charge in [-0.25, -0.2) is 0 Å². The minimum Gasteiger partial charge on any atom is -0.381 e. The predicted octanol–water partition coefficient (Wildman–Crippen LogP) is 3.21. The molecule has 0 bridgehead atoms. The van der Waals surface area contributed by atoms with Gasteiger partial charge in [0.15, 0.2) is 6.10 Å². The molecule has 1 N–H and O–H groups in total. The molecule has 1 unspecified atom stereocenters. The zero-order valence-electron chi connectivity index (χ0n) is 6.35. The van der Waals surface area contributed by atoms with E-state index < -0.39 is 11.5 Å². The number of aliphatic hydroxyl groups is 1. The van der Waals surface area contributed by atoms with Crippen molar-refractivity contribution in [2.45, 2.75) is 11.5 Å². The summed E-state index contributed by atoms with van der Waals surface area (Å²) in [4.78, 5) is 0. The lowest BCUT2D eigenvalue weighted by Crippen LogP contribution is -2.18. The Morgan fingerprint density at radius 1 is 1.23 bits per heavy atom. The minimum absolute atomic E-state index is 0.0319. The van der Waals surface area contributed by atoms with Crippen LogP contribution in [-0.4, -0.2) is 10.5 Å². The quantitative estimate of drug-likeness (QED) is 0.769. The van der Waals surface area contributed by atoms with Gasteiger partial charge < -0.3 is 5.11 Å². The molecule has 0 fully saturated rings. The lowest BCUT2D eigenvalue weighted by atomic mass is 10.1. The Bertz CT molecular complexity index is 281. The third-order valence-electron chi connectivity index (χ3n) is 1.50. The van der Waals surface area contributed by atoms with E-state index in [0.717, 1.165) is 0 Å². The van der Waals surface area contributed by atoms with Crippen LogP contribution in [0.2, 0.25) is 5.02 Å². The van der Waals surface area contributed by atoms with Gasteiger partial charge in [0, 0.05) is 5.02 Å². The average molecular weight is 227 g/mol. The van der Waals surface area contributed by atoms with Crippen molar-refractivity contribution >= 4 is 23.2 Å². The summed E-state index contributed by atoms with van der Waals surface area (Å²) in [5, 5.41) is 5.77. The Morgan fingerprint density at radius 3 is 2.08 bits per heavy atom. The number of rotatable bonds is 2. The van der Waals surface area contributed by atoms with E-state index >= 15 is 0 Å². The van der Waals surface area contributed by atoms with E-state index in [2.05, 4.69) is 11.6 Å². The van der Waals surface area contributed by atoms with Gasteiger partial charge in [-0.15, -0.1) is 0 Å². The Hall–Kier alpha value is -0.380. The summed E-state index contributed by atoms with van der Waals surface area (Å²) in [7, 11) is 0. The number of benzene rings is 1. The van der Waals surface area contributed by atoms with Gasteiger partial charge >= 0.3 is 5.38 Å². The number of halogens is 4. The zero-order valence-corrected chi connectivity index (χ0v) is 7.86. The molecule has 1 aromatic rings. The number of hydrogen-bond donors (Lipinski definition) is 1. The van der Waals surface area contributed by atoms with Gasteiger partial charge in [0.05, 0.1) is 0 Å². The monoisotopic (exact) mass is 226 g/mol. The van der Waals surface area contributed by atoms with Crippen molar-refractivity contribution in [3.63, 3.8) is 0 Å². The molecule has 0 aliphatic carbocycles. The zero-order chi connectivity index (χ0) is 10.1. The molecule has 0 aromatic heterocycles. The number of hydrogen-bond acceptors (Lipinski definition) is 1. The summed E-state index contributed by atoms with van der Waals surface area (Å²) in [5.41, 5.74) is 0.0319. The molecule has 1 atom stereocenters. The highest BCUT2D eigenvalue weighted by atomic mass is 35.5. The Balaban J connectivity index is 2.90. The highest BCUT2D eigenvalue weighted by molar-refractivity contribution is 6.30. The number of alkyl halides is 3. The van der Waals surface area contributed by atoms with Crippen LogP contribution in [0.1, 0.15) is 11.7 Å². The van der Waals surface area contributed by atoms with Crippen LogP contribution in [0.25, 0.3) is 0 Å². The molecular formula is C8H6Cl2F2O. The lowest BCUT2D eigenvalue weighted by molar-refractivity contribution is -0.0424. The first-order valence-corrected chi connectivity index (χ1v) is 4.17. The van der Waals surface area contributed by atoms with E-state index in [1.807, 2.05) is 0 Å². The first kappa shape index (κ1) is 10.7. The van der Waals surface area contributed by atoms with Crippen LogP contribution >= 0.6 is 23.2 Å². The van der Waals surface area contributed by atoms with E-state index in [1.165, 1.54) is 24.3 Å². The Labute approximate surface area is 83.9 Å². The van der Waals surface area contributed by atoms with Crippen LogP contribution in [0.4, 0.5) is 8.78 Å². The van der Waals surface area contributed by atoms with Crippen molar-refractivity contribution in [1.29, 1.82) is 0 Å². The fourth-order valence-electron chi connectivity index (χ4n) is 0.834. The summed E-state index contributed by atoms with van der Waals surface area (Å²) in [6, 6.07) is 5.40. The molecule has 0 aliphatic heterocycles. The normalized spacial score (nSPS) is 14.2. The summed E-state index contributed by atoms with van der Waals surface area (Å²) in [6.07, 6.45) is -2.01. The van der Waals surface area contributed by atoms with Crippen LogP contribution in [0, 0.1) is 0 Å². The summed E-state index contributed by atoms with van der Waals surface area (Å²) in [5.74, 6) is 0. The van der Waals surface area contributed by atoms with Gasteiger partial charge in [-0.3, -0.25) is 0 Å². The van der Waals surface area contributed by atoms with Gasteiger partial charge in [0.1, 0.15) is 0 Å². The largest absolute Gasteiger partial charge is 0.381 e.